The van der Waals surface area contributed by atoms with E-state index in [4.69, 9.17) is 0 Å². The monoisotopic (exact) mass is 343 g/mol. The SMILES string of the molecule is C=CCN1C(=O)C(O)=C(C(=O)c2cccs2)C1c1ccc(F)cc1. The first-order chi connectivity index (χ1) is 11.5. The molecule has 0 fully saturated rings. The summed E-state index contributed by atoms with van der Waals surface area (Å²) in [6.07, 6.45) is 1.51. The number of hydrogen-bond donors (Lipinski definition) is 1. The van der Waals surface area contributed by atoms with E-state index in [1.165, 1.54) is 46.6 Å². The molecule has 1 atom stereocenters. The molecular weight excluding hydrogens is 329 g/mol. The quantitative estimate of drug-likeness (QED) is 0.666. The highest BCUT2D eigenvalue weighted by atomic mass is 32.1. The summed E-state index contributed by atoms with van der Waals surface area (Å²) in [6, 6.07) is 8.11. The Morgan fingerprint density at radius 1 is 1.33 bits per heavy atom. The molecule has 0 saturated carbocycles. The molecule has 1 aromatic carbocycles. The van der Waals surface area contributed by atoms with Crippen LogP contribution in [0.4, 0.5) is 4.39 Å². The van der Waals surface area contributed by atoms with Crippen LogP contribution in [0.2, 0.25) is 0 Å². The van der Waals surface area contributed by atoms with Crippen molar-refractivity contribution >= 4 is 23.0 Å². The van der Waals surface area contributed by atoms with Gasteiger partial charge in [0.05, 0.1) is 16.5 Å². The number of halogens is 1. The molecule has 0 bridgehead atoms. The van der Waals surface area contributed by atoms with Gasteiger partial charge in [-0.25, -0.2) is 4.39 Å². The maximum absolute atomic E-state index is 13.2. The first-order valence-electron chi connectivity index (χ1n) is 7.23. The average molecular weight is 343 g/mol. The van der Waals surface area contributed by atoms with Gasteiger partial charge >= 0.3 is 0 Å². The van der Waals surface area contributed by atoms with Crippen LogP contribution in [-0.4, -0.2) is 28.2 Å². The smallest absolute Gasteiger partial charge is 0.290 e. The Bertz CT molecular complexity index is 824. The van der Waals surface area contributed by atoms with Gasteiger partial charge in [-0.15, -0.1) is 17.9 Å². The normalized spacial score (nSPS) is 17.5. The fourth-order valence-electron chi connectivity index (χ4n) is 2.75. The molecule has 6 heteroatoms. The van der Waals surface area contributed by atoms with Gasteiger partial charge < -0.3 is 10.0 Å². The molecule has 0 aliphatic carbocycles. The van der Waals surface area contributed by atoms with Gasteiger partial charge in [-0.2, -0.15) is 0 Å². The van der Waals surface area contributed by atoms with Crippen molar-refractivity contribution in [3.63, 3.8) is 0 Å². The second kappa shape index (κ2) is 6.41. The molecule has 1 aromatic heterocycles. The van der Waals surface area contributed by atoms with Gasteiger partial charge in [-0.3, -0.25) is 9.59 Å². The third-order valence-corrected chi connectivity index (χ3v) is 4.67. The molecule has 0 radical (unpaired) electrons. The Morgan fingerprint density at radius 2 is 2.04 bits per heavy atom. The van der Waals surface area contributed by atoms with E-state index >= 15 is 0 Å². The number of hydrogen-bond acceptors (Lipinski definition) is 4. The highest BCUT2D eigenvalue weighted by molar-refractivity contribution is 7.12. The van der Waals surface area contributed by atoms with Crippen LogP contribution in [0.15, 0.2) is 65.8 Å². The van der Waals surface area contributed by atoms with Gasteiger partial charge in [-0.05, 0) is 29.1 Å². The fraction of sp³-hybridized carbons (Fsp3) is 0.111. The lowest BCUT2D eigenvalue weighted by atomic mass is 9.95. The van der Waals surface area contributed by atoms with Gasteiger partial charge in [0.2, 0.25) is 5.78 Å². The lowest BCUT2D eigenvalue weighted by Gasteiger charge is -2.25. The van der Waals surface area contributed by atoms with E-state index in [0.29, 0.717) is 10.4 Å². The van der Waals surface area contributed by atoms with Gasteiger partial charge in [-0.1, -0.05) is 24.3 Å². The van der Waals surface area contributed by atoms with Crippen molar-refractivity contribution in [2.24, 2.45) is 0 Å². The molecule has 1 unspecified atom stereocenters. The van der Waals surface area contributed by atoms with Crippen LogP contribution in [0.25, 0.3) is 0 Å². The van der Waals surface area contributed by atoms with Crippen LogP contribution in [-0.2, 0) is 4.79 Å². The van der Waals surface area contributed by atoms with Crippen molar-refractivity contribution in [2.45, 2.75) is 6.04 Å². The number of rotatable bonds is 5. The summed E-state index contributed by atoms with van der Waals surface area (Å²) in [5.41, 5.74) is 0.562. The molecule has 3 rings (SSSR count). The van der Waals surface area contributed by atoms with E-state index in [1.807, 2.05) is 0 Å². The first kappa shape index (κ1) is 16.1. The van der Waals surface area contributed by atoms with Crippen molar-refractivity contribution in [2.75, 3.05) is 6.54 Å². The molecule has 1 amide bonds. The number of aliphatic hydroxyl groups is 1. The Kier molecular flexibility index (Phi) is 4.31. The van der Waals surface area contributed by atoms with Crippen LogP contribution < -0.4 is 0 Å². The zero-order valence-electron chi connectivity index (χ0n) is 12.6. The van der Waals surface area contributed by atoms with Crippen LogP contribution in [0.3, 0.4) is 0 Å². The molecule has 2 aromatic rings. The number of amides is 1. The fourth-order valence-corrected chi connectivity index (χ4v) is 3.42. The van der Waals surface area contributed by atoms with E-state index in [-0.39, 0.29) is 12.1 Å². The van der Waals surface area contributed by atoms with Crippen LogP contribution in [0.1, 0.15) is 21.3 Å². The average Bonchev–Trinajstić information content (AvgIpc) is 3.19. The highest BCUT2D eigenvalue weighted by Crippen LogP contribution is 2.39. The summed E-state index contributed by atoms with van der Waals surface area (Å²) >= 11 is 1.23. The lowest BCUT2D eigenvalue weighted by Crippen LogP contribution is -2.31. The molecule has 1 aliphatic heterocycles. The molecule has 0 spiro atoms. The standard InChI is InChI=1S/C18H14FNO3S/c1-2-9-20-15(11-5-7-12(19)8-6-11)14(17(22)18(20)23)16(21)13-4-3-10-24-13/h2-8,10,15,22H,1,9H2. The Hall–Kier alpha value is -2.73. The summed E-state index contributed by atoms with van der Waals surface area (Å²) in [6.45, 7) is 3.77. The van der Waals surface area contributed by atoms with E-state index in [1.54, 1.807) is 17.5 Å². The first-order valence-corrected chi connectivity index (χ1v) is 8.11. The molecule has 2 heterocycles. The minimum atomic E-state index is -0.773. The number of carbonyl (C=O) groups excluding carboxylic acids is 2. The highest BCUT2D eigenvalue weighted by Gasteiger charge is 2.43. The maximum atomic E-state index is 13.2. The number of benzene rings is 1. The topological polar surface area (TPSA) is 57.6 Å². The van der Waals surface area contributed by atoms with Crippen molar-refractivity contribution in [1.29, 1.82) is 0 Å². The van der Waals surface area contributed by atoms with Gasteiger partial charge in [0, 0.05) is 6.54 Å². The van der Waals surface area contributed by atoms with E-state index in [9.17, 15) is 19.1 Å². The van der Waals surface area contributed by atoms with Crippen LogP contribution in [0.5, 0.6) is 0 Å². The largest absolute Gasteiger partial charge is 0.503 e. The minimum Gasteiger partial charge on any atom is -0.503 e. The van der Waals surface area contributed by atoms with E-state index in [0.717, 1.165) is 0 Å². The molecule has 1 aliphatic rings. The second-order valence-corrected chi connectivity index (χ2v) is 6.22. The number of aliphatic hydroxyl groups excluding tert-OH is 1. The molecule has 122 valence electrons. The Balaban J connectivity index is 2.11. The number of thiophene rings is 1. The number of nitrogens with zero attached hydrogens (tertiary/aromatic N) is 1. The summed E-state index contributed by atoms with van der Waals surface area (Å²) in [4.78, 5) is 26.9. The van der Waals surface area contributed by atoms with Gasteiger partial charge in [0.15, 0.2) is 5.76 Å². The number of ketones is 1. The summed E-state index contributed by atoms with van der Waals surface area (Å²) in [5, 5.41) is 12.0. The van der Waals surface area contributed by atoms with Gasteiger partial charge in [0.1, 0.15) is 5.82 Å². The predicted molar refractivity (Wildman–Crippen MR) is 89.4 cm³/mol. The van der Waals surface area contributed by atoms with Crippen LogP contribution in [0, 0.1) is 5.82 Å². The third-order valence-electron chi connectivity index (χ3n) is 3.80. The maximum Gasteiger partial charge on any atom is 0.290 e. The zero-order chi connectivity index (χ0) is 17.3. The summed E-state index contributed by atoms with van der Waals surface area (Å²) in [7, 11) is 0. The summed E-state index contributed by atoms with van der Waals surface area (Å²) < 4.78 is 13.2. The van der Waals surface area contributed by atoms with Crippen LogP contribution >= 0.6 is 11.3 Å². The van der Waals surface area contributed by atoms with E-state index < -0.39 is 29.3 Å². The molecular formula is C18H14FNO3S. The van der Waals surface area contributed by atoms with Crippen molar-refractivity contribution < 1.29 is 19.1 Å². The minimum absolute atomic E-state index is 0.0101. The Labute approximate surface area is 142 Å². The van der Waals surface area contributed by atoms with E-state index in [2.05, 4.69) is 6.58 Å². The lowest BCUT2D eigenvalue weighted by molar-refractivity contribution is -0.128. The number of Topliss-reactive ketones (excluding diaryl/α,β-unsaturated/α-hetero) is 1. The summed E-state index contributed by atoms with van der Waals surface area (Å²) in [5.74, 6) is -2.02. The molecule has 24 heavy (non-hydrogen) atoms. The molecule has 4 nitrogen and oxygen atoms in total. The number of carbonyl (C=O) groups is 2. The molecule has 1 N–H and O–H groups in total. The van der Waals surface area contributed by atoms with Crippen molar-refractivity contribution in [3.05, 3.63) is 82.0 Å². The van der Waals surface area contributed by atoms with Crippen molar-refractivity contribution in [1.82, 2.24) is 4.90 Å². The third kappa shape index (κ3) is 2.65. The Morgan fingerprint density at radius 3 is 2.62 bits per heavy atom. The molecule has 0 saturated heterocycles. The second-order valence-electron chi connectivity index (χ2n) is 5.27. The predicted octanol–water partition coefficient (Wildman–Crippen LogP) is 3.65. The van der Waals surface area contributed by atoms with Crippen molar-refractivity contribution in [3.8, 4) is 0 Å². The zero-order valence-corrected chi connectivity index (χ0v) is 13.4. The van der Waals surface area contributed by atoms with Gasteiger partial charge in [0.25, 0.3) is 5.91 Å².